The largest absolute Gasteiger partial charge is 0.493 e. The lowest BCUT2D eigenvalue weighted by Crippen LogP contribution is -2.16. The van der Waals surface area contributed by atoms with Gasteiger partial charge in [0.2, 0.25) is 0 Å². The molecule has 1 N–H and O–H groups in total. The van der Waals surface area contributed by atoms with Gasteiger partial charge in [0.25, 0.3) is 5.91 Å². The number of rotatable bonds is 8. The molecule has 0 aromatic heterocycles. The second-order valence-electron chi connectivity index (χ2n) is 5.95. The van der Waals surface area contributed by atoms with Gasteiger partial charge in [0.1, 0.15) is 0 Å². The van der Waals surface area contributed by atoms with Crippen LogP contribution in [-0.2, 0) is 9.63 Å². The van der Waals surface area contributed by atoms with Crippen LogP contribution in [0.3, 0.4) is 0 Å². The summed E-state index contributed by atoms with van der Waals surface area (Å²) in [7, 11) is 3.14. The molecule has 2 rings (SSSR count). The summed E-state index contributed by atoms with van der Waals surface area (Å²) in [5.41, 5.74) is 2.72. The summed E-state index contributed by atoms with van der Waals surface area (Å²) in [5.74, 6) is 1.41. The van der Waals surface area contributed by atoms with Gasteiger partial charge in [0.05, 0.1) is 20.4 Å². The molecule has 6 heteroatoms. The summed E-state index contributed by atoms with van der Waals surface area (Å²) in [6.07, 6.45) is 1.51. The van der Waals surface area contributed by atoms with Crippen LogP contribution in [0.2, 0.25) is 0 Å². The predicted octanol–water partition coefficient (Wildman–Crippen LogP) is 3.82. The Balaban J connectivity index is 1.83. The normalized spacial score (nSPS) is 10.8. The van der Waals surface area contributed by atoms with E-state index in [1.54, 1.807) is 26.4 Å². The Kier molecular flexibility index (Phi) is 7.02. The molecule has 6 nitrogen and oxygen atoms in total. The molecule has 0 aliphatic heterocycles. The van der Waals surface area contributed by atoms with E-state index in [0.29, 0.717) is 17.4 Å². The average molecular weight is 356 g/mol. The third kappa shape index (κ3) is 5.51. The fraction of sp³-hybridized carbons (Fsp3) is 0.300. The summed E-state index contributed by atoms with van der Waals surface area (Å²) in [6.45, 7) is 4.07. The van der Waals surface area contributed by atoms with Crippen LogP contribution in [0.1, 0.15) is 30.9 Å². The molecule has 1 amide bonds. The molecule has 0 radical (unpaired) electrons. The number of hydrogen-bond donors (Lipinski definition) is 1. The number of amides is 1. The van der Waals surface area contributed by atoms with E-state index in [9.17, 15) is 4.79 Å². The number of nitrogens with one attached hydrogen (secondary N) is 1. The zero-order valence-corrected chi connectivity index (χ0v) is 15.5. The van der Waals surface area contributed by atoms with Crippen molar-refractivity contribution >= 4 is 17.8 Å². The second kappa shape index (κ2) is 9.46. The molecule has 0 saturated carbocycles. The van der Waals surface area contributed by atoms with Crippen molar-refractivity contribution in [2.45, 2.75) is 19.8 Å². The zero-order valence-electron chi connectivity index (χ0n) is 15.5. The van der Waals surface area contributed by atoms with Crippen molar-refractivity contribution in [3.8, 4) is 11.5 Å². The molecule has 0 unspecified atom stereocenters. The summed E-state index contributed by atoms with van der Waals surface area (Å²) in [5, 5.41) is 6.57. The molecule has 0 bridgehead atoms. The molecular formula is C20H24N2O4. The van der Waals surface area contributed by atoms with E-state index >= 15 is 0 Å². The molecule has 26 heavy (non-hydrogen) atoms. The Morgan fingerprint density at radius 3 is 2.38 bits per heavy atom. The summed E-state index contributed by atoms with van der Waals surface area (Å²) >= 11 is 0. The minimum absolute atomic E-state index is 0.171. The van der Waals surface area contributed by atoms with Crippen molar-refractivity contribution in [3.05, 3.63) is 53.6 Å². The van der Waals surface area contributed by atoms with E-state index in [-0.39, 0.29) is 12.5 Å². The van der Waals surface area contributed by atoms with Gasteiger partial charge in [-0.05, 0) is 41.8 Å². The maximum atomic E-state index is 11.9. The minimum atomic E-state index is -0.272. The smallest absolute Gasteiger partial charge is 0.265 e. The van der Waals surface area contributed by atoms with E-state index < -0.39 is 0 Å². The van der Waals surface area contributed by atoms with Crippen molar-refractivity contribution in [1.29, 1.82) is 0 Å². The molecule has 0 aliphatic rings. The molecule has 0 saturated heterocycles. The Morgan fingerprint density at radius 2 is 1.77 bits per heavy atom. The first-order valence-corrected chi connectivity index (χ1v) is 8.30. The van der Waals surface area contributed by atoms with Crippen LogP contribution in [0.4, 0.5) is 5.69 Å². The van der Waals surface area contributed by atoms with E-state index in [1.165, 1.54) is 11.8 Å². The maximum Gasteiger partial charge on any atom is 0.265 e. The fourth-order valence-corrected chi connectivity index (χ4v) is 2.28. The van der Waals surface area contributed by atoms with Gasteiger partial charge in [-0.2, -0.15) is 0 Å². The fourth-order valence-electron chi connectivity index (χ4n) is 2.28. The van der Waals surface area contributed by atoms with E-state index in [2.05, 4.69) is 24.3 Å². The zero-order chi connectivity index (χ0) is 18.9. The topological polar surface area (TPSA) is 69.2 Å². The van der Waals surface area contributed by atoms with Gasteiger partial charge in [0.15, 0.2) is 18.1 Å². The van der Waals surface area contributed by atoms with Crippen molar-refractivity contribution in [1.82, 2.24) is 0 Å². The third-order valence-corrected chi connectivity index (χ3v) is 3.74. The molecule has 0 heterocycles. The number of carbonyl (C=O) groups is 1. The number of ether oxygens (including phenoxy) is 2. The highest BCUT2D eigenvalue weighted by molar-refractivity contribution is 5.91. The van der Waals surface area contributed by atoms with Crippen LogP contribution in [0, 0.1) is 0 Å². The quantitative estimate of drug-likeness (QED) is 0.577. The lowest BCUT2D eigenvalue weighted by Gasteiger charge is -2.08. The maximum absolute atomic E-state index is 11.9. The lowest BCUT2D eigenvalue weighted by molar-refractivity contribution is -0.120. The highest BCUT2D eigenvalue weighted by Gasteiger charge is 2.05. The number of oxime groups is 1. The molecule has 0 spiro atoms. The average Bonchev–Trinajstić information content (AvgIpc) is 2.65. The van der Waals surface area contributed by atoms with Gasteiger partial charge < -0.3 is 19.6 Å². The first-order valence-electron chi connectivity index (χ1n) is 8.30. The standard InChI is InChI=1S/C20H24N2O4/c1-14(2)16-6-8-17(9-7-16)22-20(23)13-26-21-12-15-5-10-18(24-3)19(11-15)25-4/h5-12,14H,13H2,1-4H3,(H,22,23)/b21-12+. The SMILES string of the molecule is COc1ccc(/C=N/OCC(=O)Nc2ccc(C(C)C)cc2)cc1OC. The molecule has 0 fully saturated rings. The van der Waals surface area contributed by atoms with E-state index in [1.807, 2.05) is 30.3 Å². The number of anilines is 1. The first-order chi connectivity index (χ1) is 12.5. The van der Waals surface area contributed by atoms with Gasteiger partial charge in [-0.3, -0.25) is 4.79 Å². The van der Waals surface area contributed by atoms with Gasteiger partial charge in [-0.25, -0.2) is 0 Å². The van der Waals surface area contributed by atoms with Gasteiger partial charge >= 0.3 is 0 Å². The molecule has 0 aliphatic carbocycles. The molecule has 2 aromatic carbocycles. The number of benzene rings is 2. The highest BCUT2D eigenvalue weighted by atomic mass is 16.6. The van der Waals surface area contributed by atoms with Gasteiger partial charge in [-0.1, -0.05) is 31.1 Å². The number of nitrogens with zero attached hydrogens (tertiary/aromatic N) is 1. The van der Waals surface area contributed by atoms with Crippen LogP contribution in [0.25, 0.3) is 0 Å². The number of carbonyl (C=O) groups excluding carboxylic acids is 1. The Labute approximate surface area is 153 Å². The predicted molar refractivity (Wildman–Crippen MR) is 102 cm³/mol. The van der Waals surface area contributed by atoms with Crippen molar-refractivity contribution in [2.24, 2.45) is 5.16 Å². The van der Waals surface area contributed by atoms with Crippen LogP contribution >= 0.6 is 0 Å². The summed E-state index contributed by atoms with van der Waals surface area (Å²) < 4.78 is 10.4. The van der Waals surface area contributed by atoms with Crippen LogP contribution in [0.15, 0.2) is 47.6 Å². The minimum Gasteiger partial charge on any atom is -0.493 e. The molecular weight excluding hydrogens is 332 g/mol. The monoisotopic (exact) mass is 356 g/mol. The Bertz CT molecular complexity index is 755. The molecule has 138 valence electrons. The van der Waals surface area contributed by atoms with Gasteiger partial charge in [-0.15, -0.1) is 0 Å². The van der Waals surface area contributed by atoms with Crippen LogP contribution in [-0.4, -0.2) is 32.9 Å². The Morgan fingerprint density at radius 1 is 1.08 bits per heavy atom. The van der Waals surface area contributed by atoms with Crippen molar-refractivity contribution in [2.75, 3.05) is 26.1 Å². The van der Waals surface area contributed by atoms with E-state index in [0.717, 1.165) is 11.3 Å². The number of methoxy groups -OCH3 is 2. The number of hydrogen-bond acceptors (Lipinski definition) is 5. The molecule has 0 atom stereocenters. The molecule has 2 aromatic rings. The van der Waals surface area contributed by atoms with Crippen molar-refractivity contribution < 1.29 is 19.1 Å². The van der Waals surface area contributed by atoms with E-state index in [4.69, 9.17) is 14.3 Å². The van der Waals surface area contributed by atoms with Crippen molar-refractivity contribution in [3.63, 3.8) is 0 Å². The van der Waals surface area contributed by atoms with Gasteiger partial charge in [0, 0.05) is 11.3 Å². The first kappa shape index (κ1) is 19.3. The van der Waals surface area contributed by atoms with Crippen LogP contribution < -0.4 is 14.8 Å². The second-order valence-corrected chi connectivity index (χ2v) is 5.95. The van der Waals surface area contributed by atoms with Crippen LogP contribution in [0.5, 0.6) is 11.5 Å². The summed E-state index contributed by atoms with van der Waals surface area (Å²) in [6, 6.07) is 13.1. The summed E-state index contributed by atoms with van der Waals surface area (Å²) in [4.78, 5) is 16.9. The third-order valence-electron chi connectivity index (χ3n) is 3.74. The highest BCUT2D eigenvalue weighted by Crippen LogP contribution is 2.26. The Hall–Kier alpha value is -3.02. The lowest BCUT2D eigenvalue weighted by atomic mass is 10.0.